The lowest BCUT2D eigenvalue weighted by Crippen LogP contribution is -2.53. The van der Waals surface area contributed by atoms with Gasteiger partial charge in [-0.05, 0) is 38.8 Å². The van der Waals surface area contributed by atoms with Crippen molar-refractivity contribution in [2.45, 2.75) is 75.7 Å². The van der Waals surface area contributed by atoms with Crippen molar-refractivity contribution >= 4 is 41.3 Å². The van der Waals surface area contributed by atoms with Crippen LogP contribution in [-0.4, -0.2) is 64.4 Å². The van der Waals surface area contributed by atoms with Gasteiger partial charge in [0.05, 0.1) is 5.25 Å². The molecule has 0 spiro atoms. The fourth-order valence-corrected chi connectivity index (χ4v) is 4.25. The third-order valence-corrected chi connectivity index (χ3v) is 6.88. The largest absolute Gasteiger partial charge is 0.352 e. The number of hydrogen-bond donors (Lipinski definition) is 3. The highest BCUT2D eigenvalue weighted by molar-refractivity contribution is 8.00. The summed E-state index contributed by atoms with van der Waals surface area (Å²) >= 11 is 1.33. The highest BCUT2D eigenvalue weighted by Gasteiger charge is 2.39. The molecule has 1 heterocycles. The highest BCUT2D eigenvalue weighted by atomic mass is 32.2. The second-order valence-corrected chi connectivity index (χ2v) is 10.1. The van der Waals surface area contributed by atoms with E-state index in [4.69, 9.17) is 0 Å². The second-order valence-electron chi connectivity index (χ2n) is 8.82. The van der Waals surface area contributed by atoms with Crippen LogP contribution in [0.25, 0.3) is 0 Å². The van der Waals surface area contributed by atoms with Gasteiger partial charge in [0.2, 0.25) is 29.5 Å². The van der Waals surface area contributed by atoms with Crippen molar-refractivity contribution in [3.05, 3.63) is 30.3 Å². The van der Waals surface area contributed by atoms with Gasteiger partial charge in [-0.3, -0.25) is 28.9 Å². The Hall–Kier alpha value is -2.88. The third kappa shape index (κ3) is 7.86. The third-order valence-electron chi connectivity index (χ3n) is 5.68. The van der Waals surface area contributed by atoms with E-state index in [1.165, 1.54) is 18.7 Å². The lowest BCUT2D eigenvalue weighted by atomic mass is 10.1. The van der Waals surface area contributed by atoms with Crippen LogP contribution in [0.4, 0.5) is 0 Å². The van der Waals surface area contributed by atoms with Crippen molar-refractivity contribution in [1.82, 2.24) is 20.9 Å². The molecule has 1 aromatic rings. The molecule has 5 amide bonds. The lowest BCUT2D eigenvalue weighted by molar-refractivity contribution is -0.139. The van der Waals surface area contributed by atoms with E-state index < -0.39 is 29.1 Å². The molecular weight excluding hydrogens is 456 g/mol. The number of carbonyl (C=O) groups excluding carboxylic acids is 5. The highest BCUT2D eigenvalue weighted by Crippen LogP contribution is 2.31. The van der Waals surface area contributed by atoms with Crippen molar-refractivity contribution in [1.29, 1.82) is 0 Å². The molecule has 3 N–H and O–H groups in total. The molecule has 1 aromatic carbocycles. The Balaban J connectivity index is 1.78. The van der Waals surface area contributed by atoms with E-state index in [2.05, 4.69) is 16.0 Å². The number of thioether (sulfide) groups is 1. The molecule has 10 heteroatoms. The molecule has 0 bridgehead atoms. The molecular formula is C24H34N4O5S. The molecule has 0 aromatic heterocycles. The van der Waals surface area contributed by atoms with Crippen molar-refractivity contribution in [3.8, 4) is 0 Å². The smallest absolute Gasteiger partial charge is 0.243 e. The number of likely N-dealkylation sites (tertiary alicyclic amines) is 1. The maximum Gasteiger partial charge on any atom is 0.243 e. The molecule has 186 valence electrons. The summed E-state index contributed by atoms with van der Waals surface area (Å²) in [5.41, 5.74) is 0. The van der Waals surface area contributed by atoms with E-state index in [0.717, 1.165) is 9.80 Å². The average molecular weight is 491 g/mol. The number of carbonyl (C=O) groups is 5. The minimum absolute atomic E-state index is 0.0364. The van der Waals surface area contributed by atoms with Gasteiger partial charge in [-0.2, -0.15) is 0 Å². The molecule has 1 fully saturated rings. The molecule has 9 nitrogen and oxygen atoms in total. The quantitative estimate of drug-likeness (QED) is 0.404. The summed E-state index contributed by atoms with van der Waals surface area (Å²) in [6, 6.07) is 7.68. The first-order valence-corrected chi connectivity index (χ1v) is 12.3. The number of nitrogens with zero attached hydrogens (tertiary/aromatic N) is 1. The Morgan fingerprint density at radius 2 is 1.53 bits per heavy atom. The Morgan fingerprint density at radius 3 is 2.15 bits per heavy atom. The zero-order chi connectivity index (χ0) is 25.4. The minimum atomic E-state index is -0.878. The van der Waals surface area contributed by atoms with Crippen LogP contribution in [-0.2, 0) is 24.0 Å². The van der Waals surface area contributed by atoms with Crippen molar-refractivity contribution in [2.24, 2.45) is 5.92 Å². The topological polar surface area (TPSA) is 125 Å². The molecule has 0 saturated carbocycles. The van der Waals surface area contributed by atoms with Crippen molar-refractivity contribution in [3.63, 3.8) is 0 Å². The van der Waals surface area contributed by atoms with Crippen LogP contribution < -0.4 is 16.0 Å². The molecule has 34 heavy (non-hydrogen) atoms. The summed E-state index contributed by atoms with van der Waals surface area (Å²) in [6.07, 6.45) is -0.0199. The summed E-state index contributed by atoms with van der Waals surface area (Å²) in [7, 11) is 0. The van der Waals surface area contributed by atoms with Gasteiger partial charge in [-0.1, -0.05) is 32.0 Å². The first-order chi connectivity index (χ1) is 16.0. The maximum atomic E-state index is 12.6. The molecule has 4 atom stereocenters. The predicted octanol–water partition coefficient (Wildman–Crippen LogP) is 1.47. The summed E-state index contributed by atoms with van der Waals surface area (Å²) in [4.78, 5) is 63.8. The lowest BCUT2D eigenvalue weighted by Gasteiger charge is -2.22. The monoisotopic (exact) mass is 490 g/mol. The van der Waals surface area contributed by atoms with Gasteiger partial charge in [-0.25, -0.2) is 0 Å². The molecule has 1 aliphatic rings. The van der Waals surface area contributed by atoms with Gasteiger partial charge >= 0.3 is 0 Å². The fraction of sp³-hybridized carbons (Fsp3) is 0.542. The van der Waals surface area contributed by atoms with E-state index >= 15 is 0 Å². The van der Waals surface area contributed by atoms with Crippen molar-refractivity contribution in [2.75, 3.05) is 6.54 Å². The Morgan fingerprint density at radius 1 is 0.941 bits per heavy atom. The minimum Gasteiger partial charge on any atom is -0.352 e. The molecule has 1 unspecified atom stereocenters. The zero-order valence-corrected chi connectivity index (χ0v) is 21.1. The van der Waals surface area contributed by atoms with E-state index in [1.807, 2.05) is 51.1 Å². The van der Waals surface area contributed by atoms with Crippen LogP contribution in [0.3, 0.4) is 0 Å². The number of imide groups is 1. The Labute approximate surface area is 204 Å². The molecule has 1 aliphatic heterocycles. The standard InChI is InChI=1S/C24H34N4O5S/c1-14(2)15(3)26-23(32)17(5)27-22(31)16(4)25-20(29)11-12-28-21(30)13-19(24(28)33)34-18-9-7-6-8-10-18/h6-10,14-17,19H,11-13H2,1-5H3,(H,25,29)(H,26,32)(H,27,31)/t15-,16-,17-,19?/m0/s1. The SMILES string of the molecule is CC(C)[C@H](C)NC(=O)[C@H](C)NC(=O)[C@H](C)NC(=O)CCN1C(=O)CC(Sc2ccccc2)C1=O. The van der Waals surface area contributed by atoms with Gasteiger partial charge in [-0.15, -0.1) is 11.8 Å². The molecule has 0 aliphatic carbocycles. The number of nitrogens with one attached hydrogen (secondary N) is 3. The summed E-state index contributed by atoms with van der Waals surface area (Å²) in [6.45, 7) is 8.89. The second kappa shape index (κ2) is 12.5. The van der Waals surface area contributed by atoms with Crippen LogP contribution in [0.1, 0.15) is 47.5 Å². The normalized spacial score (nSPS) is 18.4. The Kier molecular flexibility index (Phi) is 10.1. The number of rotatable bonds is 11. The number of amides is 5. The number of benzene rings is 1. The van der Waals surface area contributed by atoms with E-state index in [0.29, 0.717) is 0 Å². The van der Waals surface area contributed by atoms with E-state index in [9.17, 15) is 24.0 Å². The zero-order valence-electron chi connectivity index (χ0n) is 20.3. The first-order valence-electron chi connectivity index (χ1n) is 11.5. The first kappa shape index (κ1) is 27.4. The van der Waals surface area contributed by atoms with Crippen LogP contribution in [0.5, 0.6) is 0 Å². The van der Waals surface area contributed by atoms with E-state index in [1.54, 1.807) is 6.92 Å². The maximum absolute atomic E-state index is 12.6. The predicted molar refractivity (Wildman–Crippen MR) is 130 cm³/mol. The molecule has 0 radical (unpaired) electrons. The van der Waals surface area contributed by atoms with Gasteiger partial charge < -0.3 is 16.0 Å². The Bertz CT molecular complexity index is 908. The van der Waals surface area contributed by atoms with Crippen molar-refractivity contribution < 1.29 is 24.0 Å². The van der Waals surface area contributed by atoms with Gasteiger partial charge in [0.1, 0.15) is 12.1 Å². The summed E-state index contributed by atoms with van der Waals surface area (Å²) < 4.78 is 0. The van der Waals surface area contributed by atoms with Gasteiger partial charge in [0.25, 0.3) is 0 Å². The van der Waals surface area contributed by atoms with Gasteiger partial charge in [0, 0.05) is 30.3 Å². The van der Waals surface area contributed by atoms with Crippen LogP contribution in [0.2, 0.25) is 0 Å². The van der Waals surface area contributed by atoms with Crippen LogP contribution >= 0.6 is 11.8 Å². The summed E-state index contributed by atoms with van der Waals surface area (Å²) in [5, 5.41) is 7.46. The van der Waals surface area contributed by atoms with Crippen LogP contribution in [0.15, 0.2) is 35.2 Å². The summed E-state index contributed by atoms with van der Waals surface area (Å²) in [5.74, 6) is -1.64. The van der Waals surface area contributed by atoms with Gasteiger partial charge in [0.15, 0.2) is 0 Å². The number of hydrogen-bond acceptors (Lipinski definition) is 6. The van der Waals surface area contributed by atoms with Crippen LogP contribution in [0, 0.1) is 5.92 Å². The fourth-order valence-electron chi connectivity index (χ4n) is 3.16. The van der Waals surface area contributed by atoms with E-state index in [-0.39, 0.29) is 49.1 Å². The molecule has 2 rings (SSSR count). The molecule has 1 saturated heterocycles. The average Bonchev–Trinajstić information content (AvgIpc) is 3.04.